The Labute approximate surface area is 123 Å². The highest BCUT2D eigenvalue weighted by molar-refractivity contribution is 6.60. The van der Waals surface area contributed by atoms with Crippen LogP contribution in [0.1, 0.15) is 39.5 Å². The van der Waals surface area contributed by atoms with Gasteiger partial charge in [0.1, 0.15) is 0 Å². The van der Waals surface area contributed by atoms with Crippen molar-refractivity contribution in [2.24, 2.45) is 5.92 Å². The van der Waals surface area contributed by atoms with Gasteiger partial charge in [0.15, 0.2) is 0 Å². The normalized spacial score (nSPS) is 27.8. The number of hydrogen-bond donors (Lipinski definition) is 1. The molecule has 120 valence electrons. The van der Waals surface area contributed by atoms with Crippen molar-refractivity contribution in [2.75, 3.05) is 27.4 Å². The molecule has 0 amide bonds. The summed E-state index contributed by atoms with van der Waals surface area (Å²) in [5.41, 5.74) is 0. The summed E-state index contributed by atoms with van der Waals surface area (Å²) in [4.78, 5) is 0. The molecule has 1 aliphatic rings. The molecule has 0 aromatic heterocycles. The molecule has 0 aromatic rings. The summed E-state index contributed by atoms with van der Waals surface area (Å²) >= 11 is 0. The Morgan fingerprint density at radius 1 is 1.10 bits per heavy atom. The Bertz CT molecular complexity index is 258. The van der Waals surface area contributed by atoms with Crippen LogP contribution >= 0.6 is 0 Å². The van der Waals surface area contributed by atoms with Crippen LogP contribution in [0.15, 0.2) is 0 Å². The maximum atomic E-state index is 9.84. The molecule has 0 spiro atoms. The molecule has 0 aliphatic heterocycles. The number of aliphatic hydroxyl groups excluding tert-OH is 1. The van der Waals surface area contributed by atoms with Gasteiger partial charge in [-0.1, -0.05) is 0 Å². The van der Waals surface area contributed by atoms with E-state index < -0.39 is 8.80 Å². The van der Waals surface area contributed by atoms with Crippen molar-refractivity contribution >= 4 is 8.80 Å². The lowest BCUT2D eigenvalue weighted by Crippen LogP contribution is -2.45. The highest BCUT2D eigenvalue weighted by Gasteiger charge is 2.40. The Kier molecular flexibility index (Phi) is 8.24. The zero-order chi connectivity index (χ0) is 15.0. The lowest BCUT2D eigenvalue weighted by molar-refractivity contribution is -0.0513. The van der Waals surface area contributed by atoms with Crippen molar-refractivity contribution in [2.45, 2.75) is 57.8 Å². The zero-order valence-corrected chi connectivity index (χ0v) is 14.3. The smallest absolute Gasteiger partial charge is 0.390 e. The molecule has 3 atom stereocenters. The highest BCUT2D eigenvalue weighted by atomic mass is 28.4. The fraction of sp³-hybridized carbons (Fsp3) is 1.00. The molecule has 1 N–H and O–H groups in total. The summed E-state index contributed by atoms with van der Waals surface area (Å²) in [5, 5.41) is 9.84. The third-order valence-corrected chi connectivity index (χ3v) is 7.05. The van der Waals surface area contributed by atoms with E-state index in [1.807, 2.05) is 13.8 Å². The molecule has 1 saturated carbocycles. The average molecular weight is 306 g/mol. The highest BCUT2D eigenvalue weighted by Crippen LogP contribution is 2.32. The first-order valence-electron chi connectivity index (χ1n) is 7.64. The summed E-state index contributed by atoms with van der Waals surface area (Å²) in [6.45, 7) is 5.17. The van der Waals surface area contributed by atoms with Crippen LogP contribution in [0.2, 0.25) is 6.04 Å². The van der Waals surface area contributed by atoms with Gasteiger partial charge in [0.05, 0.1) is 12.2 Å². The van der Waals surface area contributed by atoms with Gasteiger partial charge < -0.3 is 23.1 Å². The second-order valence-corrected chi connectivity index (χ2v) is 8.16. The van der Waals surface area contributed by atoms with E-state index in [1.165, 1.54) is 0 Å². The van der Waals surface area contributed by atoms with Gasteiger partial charge >= 0.3 is 8.80 Å². The van der Waals surface area contributed by atoms with Gasteiger partial charge in [0, 0.05) is 33.5 Å². The Balaban J connectivity index is 2.50. The number of methoxy groups -OCH3 is 1. The van der Waals surface area contributed by atoms with Crippen molar-refractivity contribution < 1.29 is 23.1 Å². The summed E-state index contributed by atoms with van der Waals surface area (Å²) < 4.78 is 22.5. The monoisotopic (exact) mass is 306 g/mol. The van der Waals surface area contributed by atoms with Gasteiger partial charge in [0.25, 0.3) is 0 Å². The molecule has 6 heteroatoms. The minimum atomic E-state index is -2.51. The third-order valence-electron chi connectivity index (χ3n) is 4.07. The summed E-state index contributed by atoms with van der Waals surface area (Å²) in [6, 6.07) is 0.836. The van der Waals surface area contributed by atoms with Crippen LogP contribution in [0.4, 0.5) is 0 Å². The molecule has 0 heterocycles. The summed E-state index contributed by atoms with van der Waals surface area (Å²) in [5.74, 6) is 0.547. The van der Waals surface area contributed by atoms with Crippen LogP contribution in [0.3, 0.4) is 0 Å². The molecular formula is C14H30O5Si. The standard InChI is InChI=1S/C14H30O5Si/c1-5-18-20(17-4,19-6-2)10-9-12-7-8-13(15)14(11-12)16-3/h12-15H,5-11H2,1-4H3. The van der Waals surface area contributed by atoms with Gasteiger partial charge in [-0.3, -0.25) is 0 Å². The first-order chi connectivity index (χ1) is 9.60. The van der Waals surface area contributed by atoms with Crippen LogP contribution in [0.25, 0.3) is 0 Å². The Morgan fingerprint density at radius 2 is 1.75 bits per heavy atom. The average Bonchev–Trinajstić information content (AvgIpc) is 2.46. The van der Waals surface area contributed by atoms with E-state index in [1.54, 1.807) is 14.2 Å². The fourth-order valence-corrected chi connectivity index (χ4v) is 5.39. The molecule has 3 unspecified atom stereocenters. The maximum Gasteiger partial charge on any atom is 0.500 e. The molecule has 1 rings (SSSR count). The molecule has 5 nitrogen and oxygen atoms in total. The van der Waals surface area contributed by atoms with E-state index in [2.05, 4.69) is 0 Å². The molecule has 1 aliphatic carbocycles. The largest absolute Gasteiger partial charge is 0.500 e. The van der Waals surface area contributed by atoms with Gasteiger partial charge in [-0.05, 0) is 45.4 Å². The topological polar surface area (TPSA) is 57.2 Å². The van der Waals surface area contributed by atoms with E-state index in [0.717, 1.165) is 31.7 Å². The van der Waals surface area contributed by atoms with Crippen molar-refractivity contribution in [3.63, 3.8) is 0 Å². The second-order valence-electron chi connectivity index (χ2n) is 5.31. The molecule has 20 heavy (non-hydrogen) atoms. The molecule has 0 bridgehead atoms. The lowest BCUT2D eigenvalue weighted by Gasteiger charge is -2.34. The van der Waals surface area contributed by atoms with Crippen molar-refractivity contribution in [1.29, 1.82) is 0 Å². The number of aliphatic hydroxyl groups is 1. The predicted octanol–water partition coefficient (Wildman–Crippen LogP) is 2.21. The van der Waals surface area contributed by atoms with Gasteiger partial charge in [-0.2, -0.15) is 0 Å². The van der Waals surface area contributed by atoms with Crippen molar-refractivity contribution in [3.05, 3.63) is 0 Å². The van der Waals surface area contributed by atoms with Crippen LogP contribution in [-0.2, 0) is 18.0 Å². The summed E-state index contributed by atoms with van der Waals surface area (Å²) in [6.07, 6.45) is 3.41. The van der Waals surface area contributed by atoms with Gasteiger partial charge in [0.2, 0.25) is 0 Å². The minimum Gasteiger partial charge on any atom is -0.390 e. The zero-order valence-electron chi connectivity index (χ0n) is 13.3. The predicted molar refractivity (Wildman–Crippen MR) is 79.6 cm³/mol. The van der Waals surface area contributed by atoms with E-state index in [9.17, 15) is 5.11 Å². The third kappa shape index (κ3) is 5.09. The van der Waals surface area contributed by atoms with Crippen LogP contribution < -0.4 is 0 Å². The summed E-state index contributed by atoms with van der Waals surface area (Å²) in [7, 11) is 0.846. The van der Waals surface area contributed by atoms with E-state index in [0.29, 0.717) is 19.1 Å². The lowest BCUT2D eigenvalue weighted by atomic mass is 9.84. The molecule has 0 aromatic carbocycles. The Morgan fingerprint density at radius 3 is 2.25 bits per heavy atom. The first-order valence-corrected chi connectivity index (χ1v) is 9.57. The van der Waals surface area contributed by atoms with E-state index in [-0.39, 0.29) is 12.2 Å². The van der Waals surface area contributed by atoms with Crippen LogP contribution in [-0.4, -0.2) is 53.6 Å². The molecule has 0 saturated heterocycles. The van der Waals surface area contributed by atoms with Crippen LogP contribution in [0, 0.1) is 5.92 Å². The molecule has 0 radical (unpaired) electrons. The number of ether oxygens (including phenoxy) is 1. The number of rotatable bonds is 9. The minimum absolute atomic E-state index is 0.0356. The Hall–Kier alpha value is 0.0169. The van der Waals surface area contributed by atoms with E-state index >= 15 is 0 Å². The molecular weight excluding hydrogens is 276 g/mol. The number of hydrogen-bond acceptors (Lipinski definition) is 5. The van der Waals surface area contributed by atoms with E-state index in [4.69, 9.17) is 18.0 Å². The SMILES string of the molecule is CCO[Si](CCC1CCC(O)C(OC)C1)(OC)OCC. The second kappa shape index (κ2) is 9.12. The fourth-order valence-electron chi connectivity index (χ4n) is 2.94. The van der Waals surface area contributed by atoms with Crippen molar-refractivity contribution in [1.82, 2.24) is 0 Å². The van der Waals surface area contributed by atoms with Gasteiger partial charge in [-0.15, -0.1) is 0 Å². The first kappa shape index (κ1) is 18.1. The maximum absolute atomic E-state index is 9.84. The molecule has 1 fully saturated rings. The quantitative estimate of drug-likeness (QED) is 0.662. The van der Waals surface area contributed by atoms with Crippen LogP contribution in [0.5, 0.6) is 0 Å². The van der Waals surface area contributed by atoms with Crippen molar-refractivity contribution in [3.8, 4) is 0 Å². The van der Waals surface area contributed by atoms with Gasteiger partial charge in [-0.25, -0.2) is 0 Å².